The van der Waals surface area contributed by atoms with Crippen molar-refractivity contribution in [2.45, 2.75) is 31.8 Å². The Morgan fingerprint density at radius 3 is 2.75 bits per heavy atom. The Morgan fingerprint density at radius 2 is 2.07 bits per heavy atom. The van der Waals surface area contributed by atoms with Gasteiger partial charge in [0.05, 0.1) is 6.54 Å². The highest BCUT2D eigenvalue weighted by molar-refractivity contribution is 5.81. The molecule has 2 aromatic rings. The fourth-order valence-electron chi connectivity index (χ4n) is 4.57. The van der Waals surface area contributed by atoms with Crippen molar-refractivity contribution in [1.82, 2.24) is 23.9 Å². The molecule has 4 rings (SSSR count). The zero-order chi connectivity index (χ0) is 20.0. The van der Waals surface area contributed by atoms with E-state index in [9.17, 15) is 14.4 Å². The summed E-state index contributed by atoms with van der Waals surface area (Å²) in [5, 5.41) is 0. The molecule has 8 heteroatoms. The number of likely N-dealkylation sites (tertiary alicyclic amines) is 1. The molecule has 0 spiro atoms. The first-order valence-corrected chi connectivity index (χ1v) is 9.55. The number of carbonyl (C=O) groups excluding carboxylic acids is 2. The molecule has 2 aromatic heterocycles. The summed E-state index contributed by atoms with van der Waals surface area (Å²) < 4.78 is 3.53. The van der Waals surface area contributed by atoms with Gasteiger partial charge >= 0.3 is 0 Å². The largest absolute Gasteiger partial charge is 0.342 e. The molecule has 2 bridgehead atoms. The molecule has 4 heterocycles. The molecule has 2 aliphatic rings. The molecule has 3 atom stereocenters. The number of piperidine rings is 1. The summed E-state index contributed by atoms with van der Waals surface area (Å²) in [6.45, 7) is 3.02. The lowest BCUT2D eigenvalue weighted by molar-refractivity contribution is -0.141. The zero-order valence-electron chi connectivity index (χ0n) is 16.4. The van der Waals surface area contributed by atoms with Crippen LogP contribution in [0.1, 0.15) is 36.8 Å². The third-order valence-corrected chi connectivity index (χ3v) is 6.02. The smallest absolute Gasteiger partial charge is 0.251 e. The van der Waals surface area contributed by atoms with E-state index in [1.165, 1.54) is 6.07 Å². The van der Waals surface area contributed by atoms with Crippen LogP contribution in [0, 0.1) is 5.92 Å². The first kappa shape index (κ1) is 18.5. The quantitative estimate of drug-likeness (QED) is 0.783. The molecule has 1 fully saturated rings. The number of rotatable bonds is 3. The predicted molar refractivity (Wildman–Crippen MR) is 103 cm³/mol. The fraction of sp³-hybridized carbons (Fsp3) is 0.500. The minimum absolute atomic E-state index is 0.00833. The predicted octanol–water partition coefficient (Wildman–Crippen LogP) is 0.747. The number of likely N-dealkylation sites (N-methyl/N-ethyl adjacent to an activating group) is 1. The first-order chi connectivity index (χ1) is 13.4. The standard InChI is InChI=1S/C20H25N5O3/c1-13(26)24-10-14-9-15(11-24)19(25-16(14)5-4-6-18(25)27)20(28)23(3)12-17-21-7-8-22(17)2/h4-8,14-15,19H,9-12H2,1-3H3/t14-,15+,19-/m1/s1. The van der Waals surface area contributed by atoms with Gasteiger partial charge in [-0.1, -0.05) is 6.07 Å². The summed E-state index contributed by atoms with van der Waals surface area (Å²) in [5.41, 5.74) is 0.686. The van der Waals surface area contributed by atoms with Gasteiger partial charge in [0.2, 0.25) is 11.8 Å². The molecule has 8 nitrogen and oxygen atoms in total. The molecule has 0 aliphatic carbocycles. The molecule has 148 valence electrons. The molecule has 0 N–H and O–H groups in total. The SMILES string of the molecule is CC(=O)N1C[C@H]2C[C@@H](C1)[C@H](C(=O)N(C)Cc1nccn1C)n1c2cccc1=O. The molecule has 2 amide bonds. The lowest BCUT2D eigenvalue weighted by Crippen LogP contribution is -2.54. The average Bonchev–Trinajstić information content (AvgIpc) is 3.06. The summed E-state index contributed by atoms with van der Waals surface area (Å²) in [5.74, 6) is 0.673. The van der Waals surface area contributed by atoms with E-state index >= 15 is 0 Å². The topological polar surface area (TPSA) is 80.4 Å². The van der Waals surface area contributed by atoms with Crippen LogP contribution in [0.4, 0.5) is 0 Å². The minimum Gasteiger partial charge on any atom is -0.342 e. The third-order valence-electron chi connectivity index (χ3n) is 6.02. The lowest BCUT2D eigenvalue weighted by Gasteiger charge is -2.46. The van der Waals surface area contributed by atoms with Gasteiger partial charge in [0.1, 0.15) is 11.9 Å². The van der Waals surface area contributed by atoms with Crippen molar-refractivity contribution >= 4 is 11.8 Å². The van der Waals surface area contributed by atoms with Gasteiger partial charge in [-0.05, 0) is 12.5 Å². The summed E-state index contributed by atoms with van der Waals surface area (Å²) >= 11 is 0. The van der Waals surface area contributed by atoms with E-state index in [1.54, 1.807) is 40.6 Å². The van der Waals surface area contributed by atoms with Crippen LogP contribution in [0.2, 0.25) is 0 Å². The van der Waals surface area contributed by atoms with Gasteiger partial charge in [0.25, 0.3) is 5.56 Å². The number of aryl methyl sites for hydroxylation is 1. The number of imidazole rings is 1. The minimum atomic E-state index is -0.604. The molecular formula is C20H25N5O3. The van der Waals surface area contributed by atoms with E-state index in [0.29, 0.717) is 19.6 Å². The number of pyridine rings is 1. The zero-order valence-corrected chi connectivity index (χ0v) is 16.4. The number of aromatic nitrogens is 3. The Labute approximate surface area is 163 Å². The highest BCUT2D eigenvalue weighted by atomic mass is 16.2. The molecule has 0 unspecified atom stereocenters. The first-order valence-electron chi connectivity index (χ1n) is 9.55. The second-order valence-electron chi connectivity index (χ2n) is 7.87. The van der Waals surface area contributed by atoms with Crippen LogP contribution in [0.25, 0.3) is 0 Å². The van der Waals surface area contributed by atoms with Gasteiger partial charge < -0.3 is 14.4 Å². The van der Waals surface area contributed by atoms with Gasteiger partial charge in [-0.15, -0.1) is 0 Å². The Hall–Kier alpha value is -2.90. The summed E-state index contributed by atoms with van der Waals surface area (Å²) in [4.78, 5) is 45.9. The van der Waals surface area contributed by atoms with E-state index in [0.717, 1.165) is 17.9 Å². The van der Waals surface area contributed by atoms with Crippen LogP contribution < -0.4 is 5.56 Å². The van der Waals surface area contributed by atoms with E-state index in [1.807, 2.05) is 23.9 Å². The van der Waals surface area contributed by atoms with Crippen LogP contribution in [-0.4, -0.2) is 55.9 Å². The van der Waals surface area contributed by atoms with Crippen LogP contribution >= 0.6 is 0 Å². The molecule has 2 aliphatic heterocycles. The summed E-state index contributed by atoms with van der Waals surface area (Å²) in [6.07, 6.45) is 4.34. The van der Waals surface area contributed by atoms with Gasteiger partial charge in [-0.25, -0.2) is 4.98 Å². The second-order valence-corrected chi connectivity index (χ2v) is 7.87. The van der Waals surface area contributed by atoms with Crippen molar-refractivity contribution in [3.05, 3.63) is 52.5 Å². The van der Waals surface area contributed by atoms with Gasteiger partial charge in [0, 0.05) is 70.1 Å². The number of amides is 2. The van der Waals surface area contributed by atoms with Gasteiger partial charge in [-0.2, -0.15) is 0 Å². The van der Waals surface area contributed by atoms with E-state index < -0.39 is 6.04 Å². The number of fused-ring (bicyclic) bond motifs is 4. The highest BCUT2D eigenvalue weighted by Crippen LogP contribution is 2.41. The van der Waals surface area contributed by atoms with Crippen LogP contribution in [-0.2, 0) is 23.2 Å². The van der Waals surface area contributed by atoms with Crippen molar-refractivity contribution in [2.75, 3.05) is 20.1 Å². The number of hydrogen-bond donors (Lipinski definition) is 0. The molecule has 0 radical (unpaired) electrons. The number of hydrogen-bond acceptors (Lipinski definition) is 4. The normalized spacial score (nSPS) is 23.2. The van der Waals surface area contributed by atoms with Crippen molar-refractivity contribution in [3.63, 3.8) is 0 Å². The lowest BCUT2D eigenvalue weighted by atomic mass is 9.78. The maximum Gasteiger partial charge on any atom is 0.251 e. The van der Waals surface area contributed by atoms with Gasteiger partial charge in [-0.3, -0.25) is 19.0 Å². The highest BCUT2D eigenvalue weighted by Gasteiger charge is 2.45. The Balaban J connectivity index is 1.71. The van der Waals surface area contributed by atoms with E-state index in [2.05, 4.69) is 4.98 Å². The maximum absolute atomic E-state index is 13.5. The molecule has 28 heavy (non-hydrogen) atoms. The summed E-state index contributed by atoms with van der Waals surface area (Å²) in [6, 6.07) is 4.55. The van der Waals surface area contributed by atoms with E-state index in [-0.39, 0.29) is 29.2 Å². The van der Waals surface area contributed by atoms with Crippen LogP contribution in [0.3, 0.4) is 0 Å². The van der Waals surface area contributed by atoms with Crippen molar-refractivity contribution in [1.29, 1.82) is 0 Å². The molecule has 1 saturated heterocycles. The fourth-order valence-corrected chi connectivity index (χ4v) is 4.57. The average molecular weight is 383 g/mol. The summed E-state index contributed by atoms with van der Waals surface area (Å²) in [7, 11) is 3.62. The van der Waals surface area contributed by atoms with Crippen molar-refractivity contribution in [2.24, 2.45) is 13.0 Å². The number of nitrogens with zero attached hydrogens (tertiary/aromatic N) is 5. The van der Waals surface area contributed by atoms with E-state index in [4.69, 9.17) is 0 Å². The molecule has 0 saturated carbocycles. The van der Waals surface area contributed by atoms with Gasteiger partial charge in [0.15, 0.2) is 0 Å². The Kier molecular flexibility index (Phi) is 4.56. The third kappa shape index (κ3) is 3.02. The Bertz CT molecular complexity index is 978. The van der Waals surface area contributed by atoms with Crippen molar-refractivity contribution in [3.8, 4) is 0 Å². The number of carbonyl (C=O) groups is 2. The van der Waals surface area contributed by atoms with Crippen LogP contribution in [0.5, 0.6) is 0 Å². The molecule has 0 aromatic carbocycles. The van der Waals surface area contributed by atoms with Crippen molar-refractivity contribution < 1.29 is 9.59 Å². The second kappa shape index (κ2) is 6.92. The maximum atomic E-state index is 13.5. The Morgan fingerprint density at radius 1 is 1.29 bits per heavy atom. The molecular weight excluding hydrogens is 358 g/mol. The van der Waals surface area contributed by atoms with Crippen LogP contribution in [0.15, 0.2) is 35.4 Å². The monoisotopic (exact) mass is 383 g/mol.